The number of anilines is 1. The highest BCUT2D eigenvalue weighted by Crippen LogP contribution is 2.30. The second-order valence-corrected chi connectivity index (χ2v) is 5.32. The SMILES string of the molecule is CC[C@@H](NC(=S)Nc1cccnc1)c1ccc(OC)c(OC)c1. The summed E-state index contributed by atoms with van der Waals surface area (Å²) in [5.41, 5.74) is 1.94. The Balaban J connectivity index is 2.09. The Bertz CT molecular complexity index is 650. The molecule has 0 radical (unpaired) electrons. The Morgan fingerprint density at radius 1 is 1.22 bits per heavy atom. The molecule has 2 N–H and O–H groups in total. The van der Waals surface area contributed by atoms with Crippen LogP contribution in [0.5, 0.6) is 11.5 Å². The average Bonchev–Trinajstić information content (AvgIpc) is 2.60. The van der Waals surface area contributed by atoms with Crippen LogP contribution in [0.4, 0.5) is 5.69 Å². The van der Waals surface area contributed by atoms with E-state index < -0.39 is 0 Å². The van der Waals surface area contributed by atoms with Crippen molar-refractivity contribution in [2.45, 2.75) is 19.4 Å². The standard InChI is InChI=1S/C17H21N3O2S/c1-4-14(12-7-8-15(21-2)16(10-12)22-3)20-17(23)19-13-6-5-9-18-11-13/h5-11,14H,4H2,1-3H3,(H2,19,20,23)/t14-/m1/s1. The van der Waals surface area contributed by atoms with E-state index in [1.165, 1.54) is 0 Å². The molecule has 1 atom stereocenters. The zero-order valence-electron chi connectivity index (χ0n) is 13.5. The highest BCUT2D eigenvalue weighted by atomic mass is 32.1. The molecule has 0 fully saturated rings. The Labute approximate surface area is 142 Å². The summed E-state index contributed by atoms with van der Waals surface area (Å²) in [6.07, 6.45) is 4.33. The van der Waals surface area contributed by atoms with Crippen LogP contribution in [0, 0.1) is 0 Å². The Hall–Kier alpha value is -2.34. The van der Waals surface area contributed by atoms with Gasteiger partial charge in [-0.25, -0.2) is 0 Å². The maximum atomic E-state index is 5.38. The number of nitrogens with one attached hydrogen (secondary N) is 2. The van der Waals surface area contributed by atoms with Crippen molar-refractivity contribution < 1.29 is 9.47 Å². The molecule has 1 aromatic carbocycles. The van der Waals surface area contributed by atoms with Crippen molar-refractivity contribution in [2.24, 2.45) is 0 Å². The molecule has 0 aliphatic carbocycles. The van der Waals surface area contributed by atoms with E-state index in [2.05, 4.69) is 22.5 Å². The summed E-state index contributed by atoms with van der Waals surface area (Å²) in [5.74, 6) is 1.42. The van der Waals surface area contributed by atoms with Crippen LogP contribution in [0.3, 0.4) is 0 Å². The lowest BCUT2D eigenvalue weighted by molar-refractivity contribution is 0.354. The number of hydrogen-bond donors (Lipinski definition) is 2. The van der Waals surface area contributed by atoms with Crippen LogP contribution in [0.1, 0.15) is 24.9 Å². The Morgan fingerprint density at radius 3 is 2.61 bits per heavy atom. The lowest BCUT2D eigenvalue weighted by Crippen LogP contribution is -2.32. The molecule has 0 unspecified atom stereocenters. The molecule has 1 aromatic heterocycles. The third kappa shape index (κ3) is 4.56. The van der Waals surface area contributed by atoms with E-state index in [0.717, 1.165) is 17.7 Å². The first kappa shape index (κ1) is 17.0. The summed E-state index contributed by atoms with van der Waals surface area (Å²) in [6.45, 7) is 2.10. The molecular formula is C17H21N3O2S. The second kappa shape index (κ2) is 8.33. The van der Waals surface area contributed by atoms with Crippen molar-refractivity contribution in [1.82, 2.24) is 10.3 Å². The summed E-state index contributed by atoms with van der Waals surface area (Å²) in [6, 6.07) is 9.72. The molecule has 0 aliphatic rings. The number of benzene rings is 1. The number of ether oxygens (including phenoxy) is 2. The predicted molar refractivity (Wildman–Crippen MR) is 96.2 cm³/mol. The lowest BCUT2D eigenvalue weighted by atomic mass is 10.0. The molecule has 2 rings (SSSR count). The van der Waals surface area contributed by atoms with E-state index in [-0.39, 0.29) is 6.04 Å². The van der Waals surface area contributed by atoms with Gasteiger partial charge in [0, 0.05) is 6.20 Å². The van der Waals surface area contributed by atoms with Crippen LogP contribution in [0.15, 0.2) is 42.7 Å². The second-order valence-electron chi connectivity index (χ2n) is 4.92. The van der Waals surface area contributed by atoms with Crippen molar-refractivity contribution in [3.8, 4) is 11.5 Å². The van der Waals surface area contributed by atoms with Crippen molar-refractivity contribution in [1.29, 1.82) is 0 Å². The van der Waals surface area contributed by atoms with Gasteiger partial charge >= 0.3 is 0 Å². The molecule has 23 heavy (non-hydrogen) atoms. The highest BCUT2D eigenvalue weighted by molar-refractivity contribution is 7.80. The summed E-state index contributed by atoms with van der Waals surface area (Å²) in [5, 5.41) is 7.00. The smallest absolute Gasteiger partial charge is 0.171 e. The minimum absolute atomic E-state index is 0.0754. The van der Waals surface area contributed by atoms with E-state index in [9.17, 15) is 0 Å². The van der Waals surface area contributed by atoms with E-state index >= 15 is 0 Å². The molecule has 0 bridgehead atoms. The number of nitrogens with zero attached hydrogens (tertiary/aromatic N) is 1. The molecule has 0 saturated heterocycles. The predicted octanol–water partition coefficient (Wildman–Crippen LogP) is 3.54. The molecule has 5 nitrogen and oxygen atoms in total. The quantitative estimate of drug-likeness (QED) is 0.790. The third-order valence-corrected chi connectivity index (χ3v) is 3.66. The monoisotopic (exact) mass is 331 g/mol. The van der Waals surface area contributed by atoms with Gasteiger partial charge in [0.05, 0.1) is 32.1 Å². The van der Waals surface area contributed by atoms with Crippen molar-refractivity contribution in [2.75, 3.05) is 19.5 Å². The van der Waals surface area contributed by atoms with Gasteiger partial charge in [-0.15, -0.1) is 0 Å². The minimum atomic E-state index is 0.0754. The summed E-state index contributed by atoms with van der Waals surface area (Å²) in [7, 11) is 3.25. The van der Waals surface area contributed by atoms with Crippen LogP contribution >= 0.6 is 12.2 Å². The first-order chi connectivity index (χ1) is 11.2. The van der Waals surface area contributed by atoms with Crippen LogP contribution in [-0.4, -0.2) is 24.3 Å². The van der Waals surface area contributed by atoms with Gasteiger partial charge in [-0.3, -0.25) is 4.98 Å². The first-order valence-electron chi connectivity index (χ1n) is 7.37. The molecule has 6 heteroatoms. The molecule has 122 valence electrons. The van der Waals surface area contributed by atoms with Gasteiger partial charge in [-0.1, -0.05) is 13.0 Å². The molecule has 1 heterocycles. The summed E-state index contributed by atoms with van der Waals surface area (Å²) >= 11 is 5.38. The van der Waals surface area contributed by atoms with Gasteiger partial charge in [-0.2, -0.15) is 0 Å². The van der Waals surface area contributed by atoms with E-state index in [1.54, 1.807) is 26.6 Å². The fraction of sp³-hybridized carbons (Fsp3) is 0.294. The number of thiocarbonyl (C=S) groups is 1. The molecule has 2 aromatic rings. The van der Waals surface area contributed by atoms with Gasteiger partial charge < -0.3 is 20.1 Å². The van der Waals surface area contributed by atoms with Gasteiger partial charge in [0.15, 0.2) is 16.6 Å². The minimum Gasteiger partial charge on any atom is -0.493 e. The van der Waals surface area contributed by atoms with E-state index in [1.807, 2.05) is 30.3 Å². The number of pyridine rings is 1. The molecule has 0 aliphatic heterocycles. The largest absolute Gasteiger partial charge is 0.493 e. The number of aromatic nitrogens is 1. The zero-order chi connectivity index (χ0) is 16.7. The molecule has 0 amide bonds. The Kier molecular flexibility index (Phi) is 6.17. The van der Waals surface area contributed by atoms with Gasteiger partial charge in [0.1, 0.15) is 0 Å². The molecule has 0 saturated carbocycles. The summed E-state index contributed by atoms with van der Waals surface area (Å²) in [4.78, 5) is 4.06. The highest BCUT2D eigenvalue weighted by Gasteiger charge is 2.14. The van der Waals surface area contributed by atoms with Crippen LogP contribution in [0.2, 0.25) is 0 Å². The number of hydrogen-bond acceptors (Lipinski definition) is 4. The first-order valence-corrected chi connectivity index (χ1v) is 7.78. The van der Waals surface area contributed by atoms with Crippen LogP contribution in [0.25, 0.3) is 0 Å². The average molecular weight is 331 g/mol. The maximum absolute atomic E-state index is 5.38. The molecular weight excluding hydrogens is 310 g/mol. The van der Waals surface area contributed by atoms with Gasteiger partial charge in [0.2, 0.25) is 0 Å². The van der Waals surface area contributed by atoms with Gasteiger partial charge in [0.25, 0.3) is 0 Å². The fourth-order valence-corrected chi connectivity index (χ4v) is 2.51. The topological polar surface area (TPSA) is 55.4 Å². The number of rotatable bonds is 6. The van der Waals surface area contributed by atoms with Crippen LogP contribution in [-0.2, 0) is 0 Å². The normalized spacial score (nSPS) is 11.4. The van der Waals surface area contributed by atoms with Crippen molar-refractivity contribution in [3.05, 3.63) is 48.3 Å². The lowest BCUT2D eigenvalue weighted by Gasteiger charge is -2.21. The number of methoxy groups -OCH3 is 2. The zero-order valence-corrected chi connectivity index (χ0v) is 14.3. The fourth-order valence-electron chi connectivity index (χ4n) is 2.25. The summed E-state index contributed by atoms with van der Waals surface area (Å²) < 4.78 is 10.6. The van der Waals surface area contributed by atoms with E-state index in [4.69, 9.17) is 21.7 Å². The maximum Gasteiger partial charge on any atom is 0.171 e. The van der Waals surface area contributed by atoms with Gasteiger partial charge in [-0.05, 0) is 48.5 Å². The van der Waals surface area contributed by atoms with E-state index in [0.29, 0.717) is 16.6 Å². The van der Waals surface area contributed by atoms with Crippen molar-refractivity contribution >= 4 is 23.0 Å². The third-order valence-electron chi connectivity index (χ3n) is 3.44. The van der Waals surface area contributed by atoms with Crippen molar-refractivity contribution in [3.63, 3.8) is 0 Å². The Morgan fingerprint density at radius 2 is 2.00 bits per heavy atom. The van der Waals surface area contributed by atoms with Crippen LogP contribution < -0.4 is 20.1 Å². The molecule has 0 spiro atoms.